The molecule has 0 aromatic heterocycles. The Bertz CT molecular complexity index is 181. The van der Waals surface area contributed by atoms with Crippen LogP contribution in [0.15, 0.2) is 0 Å². The Balaban J connectivity index is 2.73. The van der Waals surface area contributed by atoms with Crippen LogP contribution < -0.4 is 0 Å². The van der Waals surface area contributed by atoms with Crippen molar-refractivity contribution in [3.05, 3.63) is 0 Å². The molecule has 1 rings (SSSR count). The Labute approximate surface area is 84.5 Å². The number of hydrogen-bond donors (Lipinski definition) is 3. The van der Waals surface area contributed by atoms with E-state index in [1.54, 1.807) is 0 Å². The van der Waals surface area contributed by atoms with Crippen LogP contribution in [0.1, 0.15) is 27.2 Å². The molecule has 0 aliphatic carbocycles. The molecular formula is C10H20O4. The summed E-state index contributed by atoms with van der Waals surface area (Å²) in [6.07, 6.45) is -3.20. The third-order valence-corrected chi connectivity index (χ3v) is 2.81. The van der Waals surface area contributed by atoms with E-state index < -0.39 is 24.4 Å². The molecule has 0 saturated carbocycles. The first-order valence-electron chi connectivity index (χ1n) is 5.18. The SMILES string of the molecule is CC[C@H]1O[C@@H](C(C)C)[C@H](O)[C@@H](O)[C@@H]1O. The average molecular weight is 204 g/mol. The highest BCUT2D eigenvalue weighted by molar-refractivity contribution is 4.92. The zero-order valence-electron chi connectivity index (χ0n) is 8.92. The van der Waals surface area contributed by atoms with Gasteiger partial charge in [-0.2, -0.15) is 0 Å². The first-order chi connectivity index (χ1) is 6.49. The second-order valence-corrected chi connectivity index (χ2v) is 4.26. The minimum Gasteiger partial charge on any atom is -0.388 e. The number of hydrogen-bond acceptors (Lipinski definition) is 4. The quantitative estimate of drug-likeness (QED) is 0.587. The van der Waals surface area contributed by atoms with Gasteiger partial charge in [-0.3, -0.25) is 0 Å². The molecule has 84 valence electrons. The highest BCUT2D eigenvalue weighted by Gasteiger charge is 2.43. The maximum atomic E-state index is 9.66. The van der Waals surface area contributed by atoms with Gasteiger partial charge in [-0.15, -0.1) is 0 Å². The molecule has 0 amide bonds. The van der Waals surface area contributed by atoms with Gasteiger partial charge in [0.25, 0.3) is 0 Å². The van der Waals surface area contributed by atoms with Gasteiger partial charge in [0.05, 0.1) is 12.2 Å². The highest BCUT2D eigenvalue weighted by Crippen LogP contribution is 2.26. The predicted octanol–water partition coefficient (Wildman–Crippen LogP) is -0.0975. The Kier molecular flexibility index (Phi) is 3.89. The summed E-state index contributed by atoms with van der Waals surface area (Å²) in [7, 11) is 0. The molecule has 1 aliphatic heterocycles. The summed E-state index contributed by atoms with van der Waals surface area (Å²) in [5, 5.41) is 28.8. The minimum atomic E-state index is -1.10. The van der Waals surface area contributed by atoms with Crippen LogP contribution in [0, 0.1) is 5.92 Å². The Morgan fingerprint density at radius 2 is 1.64 bits per heavy atom. The van der Waals surface area contributed by atoms with Crippen molar-refractivity contribution in [3.63, 3.8) is 0 Å². The Morgan fingerprint density at radius 3 is 2.07 bits per heavy atom. The molecule has 0 radical (unpaired) electrons. The Hall–Kier alpha value is -0.160. The summed E-state index contributed by atoms with van der Waals surface area (Å²) in [4.78, 5) is 0. The highest BCUT2D eigenvalue weighted by atomic mass is 16.5. The molecule has 1 fully saturated rings. The topological polar surface area (TPSA) is 69.9 Å². The van der Waals surface area contributed by atoms with Crippen molar-refractivity contribution in [2.24, 2.45) is 5.92 Å². The number of rotatable bonds is 2. The fourth-order valence-corrected chi connectivity index (χ4v) is 1.87. The van der Waals surface area contributed by atoms with Crippen molar-refractivity contribution in [2.45, 2.75) is 57.7 Å². The molecule has 1 aliphatic rings. The molecule has 0 aromatic carbocycles. The van der Waals surface area contributed by atoms with E-state index in [1.165, 1.54) is 0 Å². The summed E-state index contributed by atoms with van der Waals surface area (Å²) < 4.78 is 5.53. The summed E-state index contributed by atoms with van der Waals surface area (Å²) in [6.45, 7) is 5.73. The Morgan fingerprint density at radius 1 is 1.07 bits per heavy atom. The van der Waals surface area contributed by atoms with Gasteiger partial charge in [-0.1, -0.05) is 20.8 Å². The first-order valence-corrected chi connectivity index (χ1v) is 5.18. The first kappa shape index (κ1) is 11.9. The molecule has 0 spiro atoms. The van der Waals surface area contributed by atoms with Gasteiger partial charge in [0.2, 0.25) is 0 Å². The van der Waals surface area contributed by atoms with Crippen molar-refractivity contribution in [1.82, 2.24) is 0 Å². The maximum absolute atomic E-state index is 9.66. The van der Waals surface area contributed by atoms with E-state index in [4.69, 9.17) is 4.74 Å². The van der Waals surface area contributed by atoms with Crippen LogP contribution >= 0.6 is 0 Å². The monoisotopic (exact) mass is 204 g/mol. The van der Waals surface area contributed by atoms with Crippen LogP contribution in [0.4, 0.5) is 0 Å². The number of aliphatic hydroxyl groups is 3. The van der Waals surface area contributed by atoms with Crippen LogP contribution in [0.2, 0.25) is 0 Å². The van der Waals surface area contributed by atoms with E-state index in [2.05, 4.69) is 0 Å². The van der Waals surface area contributed by atoms with E-state index in [1.807, 2.05) is 20.8 Å². The average Bonchev–Trinajstić information content (AvgIpc) is 2.14. The van der Waals surface area contributed by atoms with Gasteiger partial charge in [-0.05, 0) is 12.3 Å². The minimum absolute atomic E-state index is 0.126. The second kappa shape index (κ2) is 4.57. The van der Waals surface area contributed by atoms with Crippen molar-refractivity contribution < 1.29 is 20.1 Å². The molecule has 0 aromatic rings. The summed E-state index contributed by atoms with van der Waals surface area (Å²) in [6, 6.07) is 0. The van der Waals surface area contributed by atoms with Crippen molar-refractivity contribution in [1.29, 1.82) is 0 Å². The van der Waals surface area contributed by atoms with Gasteiger partial charge in [0, 0.05) is 0 Å². The zero-order valence-corrected chi connectivity index (χ0v) is 8.92. The molecule has 4 nitrogen and oxygen atoms in total. The largest absolute Gasteiger partial charge is 0.388 e. The fraction of sp³-hybridized carbons (Fsp3) is 1.00. The van der Waals surface area contributed by atoms with Crippen LogP contribution in [0.25, 0.3) is 0 Å². The zero-order chi connectivity index (χ0) is 10.9. The normalized spacial score (nSPS) is 44.4. The lowest BCUT2D eigenvalue weighted by atomic mass is 9.89. The molecule has 3 N–H and O–H groups in total. The van der Waals surface area contributed by atoms with E-state index in [0.717, 1.165) is 0 Å². The van der Waals surface area contributed by atoms with Gasteiger partial charge in [0.15, 0.2) is 0 Å². The fourth-order valence-electron chi connectivity index (χ4n) is 1.87. The van der Waals surface area contributed by atoms with E-state index in [-0.39, 0.29) is 12.0 Å². The van der Waals surface area contributed by atoms with Crippen LogP contribution in [0.5, 0.6) is 0 Å². The molecule has 1 heterocycles. The third-order valence-electron chi connectivity index (χ3n) is 2.81. The molecule has 4 heteroatoms. The van der Waals surface area contributed by atoms with Crippen molar-refractivity contribution >= 4 is 0 Å². The van der Waals surface area contributed by atoms with Gasteiger partial charge < -0.3 is 20.1 Å². The molecule has 5 atom stereocenters. The lowest BCUT2D eigenvalue weighted by molar-refractivity contribution is -0.232. The van der Waals surface area contributed by atoms with E-state index in [9.17, 15) is 15.3 Å². The second-order valence-electron chi connectivity index (χ2n) is 4.26. The lowest BCUT2D eigenvalue weighted by Gasteiger charge is -2.42. The van der Waals surface area contributed by atoms with Crippen molar-refractivity contribution in [3.8, 4) is 0 Å². The summed E-state index contributed by atoms with van der Waals surface area (Å²) in [5.41, 5.74) is 0. The summed E-state index contributed by atoms with van der Waals surface area (Å²) in [5.74, 6) is 0.126. The third kappa shape index (κ3) is 2.08. The van der Waals surface area contributed by atoms with Gasteiger partial charge >= 0.3 is 0 Å². The van der Waals surface area contributed by atoms with E-state index in [0.29, 0.717) is 6.42 Å². The summed E-state index contributed by atoms with van der Waals surface area (Å²) >= 11 is 0. The molecular weight excluding hydrogens is 184 g/mol. The van der Waals surface area contributed by atoms with Crippen LogP contribution in [0.3, 0.4) is 0 Å². The van der Waals surface area contributed by atoms with Crippen molar-refractivity contribution in [2.75, 3.05) is 0 Å². The molecule has 0 bridgehead atoms. The lowest BCUT2D eigenvalue weighted by Crippen LogP contribution is -2.58. The standard InChI is InChI=1S/C10H20O4/c1-4-6-7(11)8(12)9(13)10(14-6)5(2)3/h5-13H,4H2,1-3H3/t6-,7-,8+,9-,10+/m1/s1. The predicted molar refractivity (Wildman–Crippen MR) is 51.8 cm³/mol. The van der Waals surface area contributed by atoms with Gasteiger partial charge in [-0.25, -0.2) is 0 Å². The molecule has 0 unspecified atom stereocenters. The number of ether oxygens (including phenoxy) is 1. The van der Waals surface area contributed by atoms with Gasteiger partial charge in [0.1, 0.15) is 18.3 Å². The van der Waals surface area contributed by atoms with Crippen LogP contribution in [-0.2, 0) is 4.74 Å². The molecule has 14 heavy (non-hydrogen) atoms. The van der Waals surface area contributed by atoms with Crippen LogP contribution in [-0.4, -0.2) is 45.8 Å². The number of aliphatic hydroxyl groups excluding tert-OH is 3. The molecule has 1 saturated heterocycles. The van der Waals surface area contributed by atoms with E-state index >= 15 is 0 Å². The smallest absolute Gasteiger partial charge is 0.111 e. The maximum Gasteiger partial charge on any atom is 0.111 e.